The minimum atomic E-state index is -0.664. The quantitative estimate of drug-likeness (QED) is 0.280. The summed E-state index contributed by atoms with van der Waals surface area (Å²) < 4.78 is 5.68. The SMILES string of the molecule is N#CC(=Cc1ccccc1[N+](=O)[O-])C(=O)Nc1ccc(Oc2ccccc2)cc1. The van der Waals surface area contributed by atoms with Gasteiger partial charge in [0, 0.05) is 11.8 Å². The molecule has 3 aromatic rings. The molecule has 0 heterocycles. The van der Waals surface area contributed by atoms with E-state index in [1.807, 2.05) is 30.3 Å². The summed E-state index contributed by atoms with van der Waals surface area (Å²) in [6.07, 6.45) is 1.19. The van der Waals surface area contributed by atoms with E-state index in [-0.39, 0.29) is 16.8 Å². The smallest absolute Gasteiger partial charge is 0.276 e. The molecule has 0 bridgehead atoms. The molecule has 7 nitrogen and oxygen atoms in total. The zero-order valence-electron chi connectivity index (χ0n) is 15.1. The molecule has 1 N–H and O–H groups in total. The first-order valence-electron chi connectivity index (χ1n) is 8.56. The molecule has 0 aliphatic heterocycles. The Labute approximate surface area is 166 Å². The van der Waals surface area contributed by atoms with Gasteiger partial charge in [-0.1, -0.05) is 30.3 Å². The van der Waals surface area contributed by atoms with Crippen LogP contribution in [-0.4, -0.2) is 10.8 Å². The van der Waals surface area contributed by atoms with Crippen LogP contribution < -0.4 is 10.1 Å². The van der Waals surface area contributed by atoms with Gasteiger partial charge in [-0.3, -0.25) is 14.9 Å². The minimum Gasteiger partial charge on any atom is -0.457 e. The number of nitro benzene ring substituents is 1. The molecule has 0 aliphatic rings. The molecular weight excluding hydrogens is 370 g/mol. The van der Waals surface area contributed by atoms with E-state index in [0.29, 0.717) is 17.2 Å². The molecule has 0 atom stereocenters. The highest BCUT2D eigenvalue weighted by atomic mass is 16.6. The predicted octanol–water partition coefficient (Wildman–Crippen LogP) is 4.93. The van der Waals surface area contributed by atoms with Crippen LogP contribution in [0.3, 0.4) is 0 Å². The normalized spacial score (nSPS) is 10.7. The zero-order chi connectivity index (χ0) is 20.6. The topological polar surface area (TPSA) is 105 Å². The Morgan fingerprint density at radius 2 is 1.59 bits per heavy atom. The number of nitro groups is 1. The largest absolute Gasteiger partial charge is 0.457 e. The second-order valence-corrected chi connectivity index (χ2v) is 5.88. The van der Waals surface area contributed by atoms with Crippen molar-refractivity contribution in [1.82, 2.24) is 0 Å². The fraction of sp³-hybridized carbons (Fsp3) is 0. The van der Waals surface area contributed by atoms with Crippen LogP contribution in [0.2, 0.25) is 0 Å². The van der Waals surface area contributed by atoms with Crippen molar-refractivity contribution in [2.45, 2.75) is 0 Å². The summed E-state index contributed by atoms with van der Waals surface area (Å²) in [6.45, 7) is 0. The van der Waals surface area contributed by atoms with E-state index in [4.69, 9.17) is 4.74 Å². The summed E-state index contributed by atoms with van der Waals surface area (Å²) in [5.41, 5.74) is 0.203. The van der Waals surface area contributed by atoms with Crippen molar-refractivity contribution in [1.29, 1.82) is 5.26 Å². The van der Waals surface area contributed by atoms with Gasteiger partial charge in [0.25, 0.3) is 11.6 Å². The highest BCUT2D eigenvalue weighted by Gasteiger charge is 2.15. The third-order valence-electron chi connectivity index (χ3n) is 3.89. The number of benzene rings is 3. The van der Waals surface area contributed by atoms with E-state index in [9.17, 15) is 20.2 Å². The van der Waals surface area contributed by atoms with Crippen molar-refractivity contribution in [3.63, 3.8) is 0 Å². The highest BCUT2D eigenvalue weighted by molar-refractivity contribution is 6.09. The van der Waals surface area contributed by atoms with Crippen LogP contribution >= 0.6 is 0 Å². The van der Waals surface area contributed by atoms with E-state index in [1.165, 1.54) is 24.3 Å². The first kappa shape index (κ1) is 19.3. The molecule has 142 valence electrons. The number of para-hydroxylation sites is 2. The first-order chi connectivity index (χ1) is 14.1. The number of rotatable bonds is 6. The van der Waals surface area contributed by atoms with Crippen LogP contribution in [0.4, 0.5) is 11.4 Å². The van der Waals surface area contributed by atoms with Crippen LogP contribution in [-0.2, 0) is 4.79 Å². The van der Waals surface area contributed by atoms with Gasteiger partial charge in [0.2, 0.25) is 0 Å². The number of nitrogens with one attached hydrogen (secondary N) is 1. The van der Waals surface area contributed by atoms with Crippen LogP contribution in [0.1, 0.15) is 5.56 Å². The minimum absolute atomic E-state index is 0.177. The molecule has 0 saturated carbocycles. The van der Waals surface area contributed by atoms with E-state index in [2.05, 4.69) is 5.32 Å². The van der Waals surface area contributed by atoms with Crippen molar-refractivity contribution in [3.8, 4) is 17.6 Å². The summed E-state index contributed by atoms with van der Waals surface area (Å²) in [4.78, 5) is 22.9. The van der Waals surface area contributed by atoms with Crippen molar-refractivity contribution in [2.75, 3.05) is 5.32 Å². The van der Waals surface area contributed by atoms with Gasteiger partial charge in [-0.05, 0) is 48.5 Å². The number of carbonyl (C=O) groups is 1. The van der Waals surface area contributed by atoms with E-state index in [1.54, 1.807) is 36.4 Å². The number of carbonyl (C=O) groups excluding carboxylic acids is 1. The fourth-order valence-electron chi connectivity index (χ4n) is 2.51. The van der Waals surface area contributed by atoms with Crippen molar-refractivity contribution >= 4 is 23.4 Å². The average molecular weight is 385 g/mol. The molecule has 0 unspecified atom stereocenters. The van der Waals surface area contributed by atoms with Gasteiger partial charge >= 0.3 is 0 Å². The van der Waals surface area contributed by atoms with E-state index in [0.717, 1.165) is 0 Å². The lowest BCUT2D eigenvalue weighted by Gasteiger charge is -2.08. The number of nitrogens with zero attached hydrogens (tertiary/aromatic N) is 2. The lowest BCUT2D eigenvalue weighted by molar-refractivity contribution is -0.385. The number of hydrogen-bond donors (Lipinski definition) is 1. The van der Waals surface area contributed by atoms with Crippen molar-refractivity contribution in [3.05, 3.63) is 100 Å². The first-order valence-corrected chi connectivity index (χ1v) is 8.56. The van der Waals surface area contributed by atoms with Crippen molar-refractivity contribution in [2.24, 2.45) is 0 Å². The zero-order valence-corrected chi connectivity index (χ0v) is 15.1. The third kappa shape index (κ3) is 5.05. The molecule has 0 fully saturated rings. The number of anilines is 1. The Kier molecular flexibility index (Phi) is 5.98. The molecule has 0 spiro atoms. The Bertz CT molecular complexity index is 1100. The molecule has 0 saturated heterocycles. The van der Waals surface area contributed by atoms with Crippen LogP contribution in [0.25, 0.3) is 6.08 Å². The Morgan fingerprint density at radius 3 is 2.24 bits per heavy atom. The Balaban J connectivity index is 1.73. The molecule has 0 radical (unpaired) electrons. The van der Waals surface area contributed by atoms with Gasteiger partial charge in [-0.15, -0.1) is 0 Å². The van der Waals surface area contributed by atoms with Gasteiger partial charge in [0.1, 0.15) is 23.1 Å². The number of ether oxygens (including phenoxy) is 1. The predicted molar refractivity (Wildman–Crippen MR) is 108 cm³/mol. The van der Waals surface area contributed by atoms with Gasteiger partial charge in [-0.25, -0.2) is 0 Å². The molecule has 1 amide bonds. The molecule has 0 aliphatic carbocycles. The van der Waals surface area contributed by atoms with Gasteiger partial charge < -0.3 is 10.1 Å². The standard InChI is InChI=1S/C22H15N3O4/c23-15-17(14-16-6-4-5-9-21(16)25(27)28)22(26)24-18-10-12-20(13-11-18)29-19-7-2-1-3-8-19/h1-14H,(H,24,26). The molecule has 7 heteroatoms. The summed E-state index contributed by atoms with van der Waals surface area (Å²) in [5.74, 6) is 0.607. The molecule has 29 heavy (non-hydrogen) atoms. The summed E-state index contributed by atoms with van der Waals surface area (Å²) in [7, 11) is 0. The number of amides is 1. The maximum Gasteiger partial charge on any atom is 0.276 e. The van der Waals surface area contributed by atoms with Crippen molar-refractivity contribution < 1.29 is 14.5 Å². The lowest BCUT2D eigenvalue weighted by Crippen LogP contribution is -2.13. The van der Waals surface area contributed by atoms with Crippen LogP contribution in [0.5, 0.6) is 11.5 Å². The summed E-state index contributed by atoms with van der Waals surface area (Å²) in [6, 6.07) is 23.5. The maximum absolute atomic E-state index is 12.4. The second kappa shape index (κ2) is 8.97. The van der Waals surface area contributed by atoms with Gasteiger partial charge in [0.15, 0.2) is 0 Å². The Morgan fingerprint density at radius 1 is 0.966 bits per heavy atom. The molecule has 3 rings (SSSR count). The maximum atomic E-state index is 12.4. The summed E-state index contributed by atoms with van der Waals surface area (Å²) >= 11 is 0. The lowest BCUT2D eigenvalue weighted by atomic mass is 10.1. The number of nitriles is 1. The third-order valence-corrected chi connectivity index (χ3v) is 3.89. The van der Waals surface area contributed by atoms with E-state index >= 15 is 0 Å². The van der Waals surface area contributed by atoms with E-state index < -0.39 is 10.8 Å². The van der Waals surface area contributed by atoms with Gasteiger partial charge in [0.05, 0.1) is 10.5 Å². The average Bonchev–Trinajstić information content (AvgIpc) is 2.74. The second-order valence-electron chi connectivity index (χ2n) is 5.88. The Hall–Kier alpha value is -4.44. The molecule has 0 aromatic heterocycles. The monoisotopic (exact) mass is 385 g/mol. The molecule has 3 aromatic carbocycles. The van der Waals surface area contributed by atoms with Crippen LogP contribution in [0, 0.1) is 21.4 Å². The fourth-order valence-corrected chi connectivity index (χ4v) is 2.51. The molecular formula is C22H15N3O4. The summed E-state index contributed by atoms with van der Waals surface area (Å²) in [5, 5.41) is 23.0. The van der Waals surface area contributed by atoms with Crippen LogP contribution in [0.15, 0.2) is 84.4 Å². The number of hydrogen-bond acceptors (Lipinski definition) is 5. The highest BCUT2D eigenvalue weighted by Crippen LogP contribution is 2.24. The van der Waals surface area contributed by atoms with Gasteiger partial charge in [-0.2, -0.15) is 5.26 Å².